The number of carbonyl (C=O) groups excluding carboxylic acids is 6. The van der Waals surface area contributed by atoms with E-state index in [1.807, 2.05) is 6.92 Å². The maximum absolute atomic E-state index is 12.2. The molecule has 0 aliphatic rings. The maximum atomic E-state index is 12.2. The Balaban J connectivity index is 4.00. The first-order valence-corrected chi connectivity index (χ1v) is 16.4. The molecule has 270 valence electrons. The second kappa shape index (κ2) is 28.0. The Morgan fingerprint density at radius 3 is 1.02 bits per heavy atom. The van der Waals surface area contributed by atoms with Crippen molar-refractivity contribution >= 4 is 58.3 Å². The number of carbonyl (C=O) groups is 6. The Labute approximate surface area is 284 Å². The molecule has 0 atom stereocenters. The molecular weight excluding hydrogens is 624 g/mol. The van der Waals surface area contributed by atoms with Crippen LogP contribution in [0.1, 0.15) is 105 Å². The SMILES string of the molecule is CCC(=O)CN=C(C)CCC(=O)OCCCOC(=O)CCC(C)=NCC(=O)CN=C(C)CCC(=O)OCCCOC(=O)CCC(C)=NC. The third-order valence-electron chi connectivity index (χ3n) is 6.75. The monoisotopic (exact) mass is 678 g/mol. The van der Waals surface area contributed by atoms with Gasteiger partial charge < -0.3 is 18.9 Å². The molecule has 0 spiro atoms. The van der Waals surface area contributed by atoms with Gasteiger partial charge in [0.25, 0.3) is 0 Å². The summed E-state index contributed by atoms with van der Waals surface area (Å²) < 4.78 is 20.5. The first-order valence-electron chi connectivity index (χ1n) is 16.4. The largest absolute Gasteiger partial charge is 0.466 e. The molecule has 0 aliphatic carbocycles. The molecule has 0 unspecified atom stereocenters. The first-order chi connectivity index (χ1) is 22.9. The van der Waals surface area contributed by atoms with Crippen molar-refractivity contribution in [2.24, 2.45) is 20.0 Å². The summed E-state index contributed by atoms with van der Waals surface area (Å²) in [5.41, 5.74) is 2.86. The summed E-state index contributed by atoms with van der Waals surface area (Å²) in [7, 11) is 1.67. The van der Waals surface area contributed by atoms with Gasteiger partial charge in [-0.25, -0.2) is 0 Å². The summed E-state index contributed by atoms with van der Waals surface area (Å²) in [6.45, 7) is 9.40. The summed E-state index contributed by atoms with van der Waals surface area (Å²) in [5.74, 6) is -1.66. The molecule has 0 aromatic rings. The summed E-state index contributed by atoms with van der Waals surface area (Å²) in [6.07, 6.45) is 3.53. The van der Waals surface area contributed by atoms with Crippen LogP contribution in [0.4, 0.5) is 0 Å². The molecule has 0 aromatic carbocycles. The van der Waals surface area contributed by atoms with Crippen LogP contribution in [0.5, 0.6) is 0 Å². The van der Waals surface area contributed by atoms with Crippen LogP contribution >= 0.6 is 0 Å². The normalized spacial score (nSPS) is 12.4. The minimum atomic E-state index is -0.415. The lowest BCUT2D eigenvalue weighted by molar-refractivity contribution is -0.147. The highest BCUT2D eigenvalue weighted by atomic mass is 16.6. The van der Waals surface area contributed by atoms with Crippen LogP contribution in [0.2, 0.25) is 0 Å². The zero-order valence-electron chi connectivity index (χ0n) is 29.6. The Hall–Kier alpha value is -4.10. The number of Topliss-reactive ketones (excluding diaryl/α,β-unsaturated/α-hetero) is 2. The van der Waals surface area contributed by atoms with Gasteiger partial charge in [-0.3, -0.25) is 48.7 Å². The average molecular weight is 679 g/mol. The van der Waals surface area contributed by atoms with Crippen LogP contribution in [0.25, 0.3) is 0 Å². The van der Waals surface area contributed by atoms with Crippen LogP contribution < -0.4 is 0 Å². The van der Waals surface area contributed by atoms with E-state index in [1.54, 1.807) is 34.7 Å². The van der Waals surface area contributed by atoms with Gasteiger partial charge in [0.15, 0.2) is 11.6 Å². The van der Waals surface area contributed by atoms with Gasteiger partial charge in [-0.15, -0.1) is 0 Å². The third kappa shape index (κ3) is 27.1. The van der Waals surface area contributed by atoms with Gasteiger partial charge in [0.1, 0.15) is 0 Å². The van der Waals surface area contributed by atoms with E-state index >= 15 is 0 Å². The van der Waals surface area contributed by atoms with Crippen molar-refractivity contribution < 1.29 is 47.7 Å². The predicted molar refractivity (Wildman–Crippen MR) is 183 cm³/mol. The van der Waals surface area contributed by atoms with E-state index in [4.69, 9.17) is 18.9 Å². The fraction of sp³-hybridized carbons (Fsp3) is 0.706. The van der Waals surface area contributed by atoms with Crippen molar-refractivity contribution in [2.45, 2.75) is 105 Å². The summed E-state index contributed by atoms with van der Waals surface area (Å²) in [6, 6.07) is 0. The molecule has 0 saturated heterocycles. The van der Waals surface area contributed by atoms with E-state index in [9.17, 15) is 28.8 Å². The van der Waals surface area contributed by atoms with Crippen molar-refractivity contribution in [1.29, 1.82) is 0 Å². The zero-order valence-corrected chi connectivity index (χ0v) is 29.6. The van der Waals surface area contributed by atoms with Gasteiger partial charge in [0.05, 0.1) is 71.7 Å². The van der Waals surface area contributed by atoms with E-state index in [0.29, 0.717) is 56.4 Å². The fourth-order valence-corrected chi connectivity index (χ4v) is 3.46. The molecule has 0 rings (SSSR count). The highest BCUT2D eigenvalue weighted by Gasteiger charge is 2.09. The maximum Gasteiger partial charge on any atom is 0.306 e. The molecule has 0 N–H and O–H groups in total. The second-order valence-corrected chi connectivity index (χ2v) is 11.1. The zero-order chi connectivity index (χ0) is 36.2. The summed E-state index contributed by atoms with van der Waals surface area (Å²) in [5, 5.41) is 0. The number of hydrogen-bond acceptors (Lipinski definition) is 14. The molecule has 14 heteroatoms. The van der Waals surface area contributed by atoms with Crippen molar-refractivity contribution in [3.63, 3.8) is 0 Å². The molecule has 48 heavy (non-hydrogen) atoms. The lowest BCUT2D eigenvalue weighted by Crippen LogP contribution is -2.13. The molecule has 0 bridgehead atoms. The molecule has 0 heterocycles. The van der Waals surface area contributed by atoms with E-state index in [1.165, 1.54) is 0 Å². The molecule has 0 aromatic heterocycles. The van der Waals surface area contributed by atoms with Gasteiger partial charge in [-0.2, -0.15) is 0 Å². The third-order valence-corrected chi connectivity index (χ3v) is 6.75. The molecule has 0 fully saturated rings. The minimum absolute atomic E-state index is 0.0445. The van der Waals surface area contributed by atoms with E-state index < -0.39 is 11.9 Å². The van der Waals surface area contributed by atoms with Crippen LogP contribution in [-0.4, -0.2) is 111 Å². The number of esters is 4. The second-order valence-electron chi connectivity index (χ2n) is 11.1. The lowest BCUT2D eigenvalue weighted by Gasteiger charge is -2.07. The quantitative estimate of drug-likeness (QED) is 0.0530. The van der Waals surface area contributed by atoms with E-state index in [2.05, 4.69) is 20.0 Å². The van der Waals surface area contributed by atoms with Gasteiger partial charge in [-0.05, 0) is 53.4 Å². The molecule has 0 saturated carbocycles. The van der Waals surface area contributed by atoms with Crippen LogP contribution in [-0.2, 0) is 47.7 Å². The molecular formula is C34H54N4O10. The molecule has 0 aliphatic heterocycles. The Kier molecular flexibility index (Phi) is 25.6. The molecule has 0 amide bonds. The van der Waals surface area contributed by atoms with Crippen molar-refractivity contribution in [3.05, 3.63) is 0 Å². The first kappa shape index (κ1) is 43.9. The van der Waals surface area contributed by atoms with Gasteiger partial charge in [-0.1, -0.05) is 6.92 Å². The van der Waals surface area contributed by atoms with E-state index in [-0.39, 0.29) is 95.3 Å². The number of hydrogen-bond donors (Lipinski definition) is 0. The van der Waals surface area contributed by atoms with Crippen LogP contribution in [0.15, 0.2) is 20.0 Å². The van der Waals surface area contributed by atoms with E-state index in [0.717, 1.165) is 11.4 Å². The molecule has 0 radical (unpaired) electrons. The van der Waals surface area contributed by atoms with Gasteiger partial charge in [0, 0.05) is 49.2 Å². The number of aliphatic imine (C=N–C) groups is 4. The predicted octanol–water partition coefficient (Wildman–Crippen LogP) is 4.08. The smallest absolute Gasteiger partial charge is 0.306 e. The van der Waals surface area contributed by atoms with Crippen molar-refractivity contribution in [2.75, 3.05) is 53.1 Å². The summed E-state index contributed by atoms with van der Waals surface area (Å²) >= 11 is 0. The summed E-state index contributed by atoms with van der Waals surface area (Å²) in [4.78, 5) is 87.4. The highest BCUT2D eigenvalue weighted by Crippen LogP contribution is 2.02. The van der Waals surface area contributed by atoms with Gasteiger partial charge >= 0.3 is 23.9 Å². The Morgan fingerprint density at radius 2 is 0.729 bits per heavy atom. The molecule has 14 nitrogen and oxygen atoms in total. The van der Waals surface area contributed by atoms with Gasteiger partial charge in [0.2, 0.25) is 0 Å². The van der Waals surface area contributed by atoms with Crippen molar-refractivity contribution in [3.8, 4) is 0 Å². The number of rotatable bonds is 27. The average Bonchev–Trinajstić information content (AvgIpc) is 3.07. The Bertz CT molecular complexity index is 1170. The number of ketones is 2. The Morgan fingerprint density at radius 1 is 0.438 bits per heavy atom. The standard InChI is InChI=1S/C34H54N4O10/c1-7-29(39)22-36-26(3)11-15-32(42)46-20-9-21-48-34(44)17-13-28(5)38-24-30(40)23-37-27(4)12-16-33(43)47-19-8-18-45-31(41)14-10-25(2)35-6/h7-24H2,1-6H3. The topological polar surface area (TPSA) is 189 Å². The number of ether oxygens (including phenoxy) is 4. The van der Waals surface area contributed by atoms with Crippen LogP contribution in [0, 0.1) is 0 Å². The highest BCUT2D eigenvalue weighted by molar-refractivity contribution is 5.92. The minimum Gasteiger partial charge on any atom is -0.466 e. The number of nitrogens with zero attached hydrogens (tertiary/aromatic N) is 4. The van der Waals surface area contributed by atoms with Crippen molar-refractivity contribution in [1.82, 2.24) is 0 Å². The lowest BCUT2D eigenvalue weighted by atomic mass is 10.2. The van der Waals surface area contributed by atoms with Crippen LogP contribution in [0.3, 0.4) is 0 Å². The fourth-order valence-electron chi connectivity index (χ4n) is 3.46.